The molecule has 0 fully saturated rings. The van der Waals surface area contributed by atoms with Crippen molar-refractivity contribution >= 4 is 35.4 Å². The first-order valence-electron chi connectivity index (χ1n) is 7.45. The molecule has 0 saturated carbocycles. The number of hydrogen-bond donors (Lipinski definition) is 1. The van der Waals surface area contributed by atoms with Crippen LogP contribution in [0.15, 0.2) is 41.5 Å². The van der Waals surface area contributed by atoms with E-state index in [2.05, 4.69) is 10.5 Å². The maximum atomic E-state index is 12.0. The molecule has 0 unspecified atom stereocenters. The number of ether oxygens (including phenoxy) is 2. The minimum absolute atomic E-state index is 0.0334. The van der Waals surface area contributed by atoms with Crippen LogP contribution in [-0.4, -0.2) is 30.1 Å². The molecule has 2 aromatic carbocycles. The minimum Gasteiger partial charge on any atom is -0.493 e. The van der Waals surface area contributed by atoms with Gasteiger partial charge < -0.3 is 9.47 Å². The average molecular weight is 392 g/mol. The van der Waals surface area contributed by atoms with Gasteiger partial charge in [-0.15, -0.1) is 0 Å². The Labute approximate surface area is 158 Å². The highest BCUT2D eigenvalue weighted by molar-refractivity contribution is 6.32. The standard InChI is InChI=1S/C17H14ClN3O6/c1-10(22)27-15-6-3-11(7-16(15)26-2)9-19-20-17(23)12-4-5-13(18)14(8-12)21(24)25/h3-9H,1-2H3,(H,20,23)/b19-9+. The molecule has 0 aromatic heterocycles. The van der Waals surface area contributed by atoms with Crippen LogP contribution in [0, 0.1) is 10.1 Å². The fourth-order valence-corrected chi connectivity index (χ4v) is 2.21. The molecule has 0 aliphatic rings. The predicted octanol–water partition coefficient (Wildman–Crippen LogP) is 2.95. The maximum absolute atomic E-state index is 12.0. The Morgan fingerprint density at radius 3 is 2.59 bits per heavy atom. The lowest BCUT2D eigenvalue weighted by molar-refractivity contribution is -0.384. The summed E-state index contributed by atoms with van der Waals surface area (Å²) in [6.45, 7) is 1.27. The van der Waals surface area contributed by atoms with Gasteiger partial charge in [0.05, 0.1) is 18.2 Å². The SMILES string of the molecule is COc1cc(/C=N/NC(=O)c2ccc(Cl)c([N+](=O)[O-])c2)ccc1OC(C)=O. The van der Waals surface area contributed by atoms with Gasteiger partial charge in [0.15, 0.2) is 11.5 Å². The molecule has 0 radical (unpaired) electrons. The molecule has 1 amide bonds. The molecule has 0 saturated heterocycles. The summed E-state index contributed by atoms with van der Waals surface area (Å²) in [6, 6.07) is 8.34. The van der Waals surface area contributed by atoms with Gasteiger partial charge >= 0.3 is 5.97 Å². The van der Waals surface area contributed by atoms with E-state index < -0.39 is 16.8 Å². The summed E-state index contributed by atoms with van der Waals surface area (Å²) in [6.07, 6.45) is 1.34. The summed E-state index contributed by atoms with van der Waals surface area (Å²) in [5.74, 6) is -0.568. The maximum Gasteiger partial charge on any atom is 0.308 e. The molecule has 140 valence electrons. The number of carbonyl (C=O) groups excluding carboxylic acids is 2. The molecule has 1 N–H and O–H groups in total. The number of nitrogens with one attached hydrogen (secondary N) is 1. The number of nitro groups is 1. The van der Waals surface area contributed by atoms with Crippen LogP contribution in [0.1, 0.15) is 22.8 Å². The van der Waals surface area contributed by atoms with Crippen molar-refractivity contribution in [2.75, 3.05) is 7.11 Å². The minimum atomic E-state index is -0.681. The van der Waals surface area contributed by atoms with E-state index in [0.29, 0.717) is 11.3 Å². The first-order valence-corrected chi connectivity index (χ1v) is 7.83. The van der Waals surface area contributed by atoms with Gasteiger partial charge in [0, 0.05) is 18.6 Å². The third-order valence-electron chi connectivity index (χ3n) is 3.23. The van der Waals surface area contributed by atoms with Crippen molar-refractivity contribution in [1.29, 1.82) is 0 Å². The predicted molar refractivity (Wildman–Crippen MR) is 97.5 cm³/mol. The molecule has 0 bridgehead atoms. The second-order valence-electron chi connectivity index (χ2n) is 5.13. The molecule has 9 nitrogen and oxygen atoms in total. The Morgan fingerprint density at radius 2 is 1.96 bits per heavy atom. The topological polar surface area (TPSA) is 120 Å². The van der Waals surface area contributed by atoms with E-state index in [0.717, 1.165) is 6.07 Å². The number of rotatable bonds is 6. The van der Waals surface area contributed by atoms with E-state index in [1.165, 1.54) is 38.4 Å². The third kappa shape index (κ3) is 5.25. The zero-order valence-corrected chi connectivity index (χ0v) is 15.0. The fraction of sp³-hybridized carbons (Fsp3) is 0.118. The van der Waals surface area contributed by atoms with Gasteiger partial charge in [-0.3, -0.25) is 19.7 Å². The molecule has 2 rings (SSSR count). The third-order valence-corrected chi connectivity index (χ3v) is 3.55. The normalized spacial score (nSPS) is 10.5. The van der Waals surface area contributed by atoms with Gasteiger partial charge in [-0.1, -0.05) is 11.6 Å². The Morgan fingerprint density at radius 1 is 1.22 bits per heavy atom. The molecule has 0 aliphatic carbocycles. The van der Waals surface area contributed by atoms with Crippen molar-refractivity contribution in [2.45, 2.75) is 6.92 Å². The van der Waals surface area contributed by atoms with Crippen molar-refractivity contribution in [3.8, 4) is 11.5 Å². The van der Waals surface area contributed by atoms with Crippen LogP contribution < -0.4 is 14.9 Å². The Hall–Kier alpha value is -3.46. The van der Waals surface area contributed by atoms with Gasteiger partial charge in [-0.05, 0) is 35.9 Å². The van der Waals surface area contributed by atoms with Crippen LogP contribution in [0.2, 0.25) is 5.02 Å². The largest absolute Gasteiger partial charge is 0.493 e. The van der Waals surface area contributed by atoms with E-state index in [9.17, 15) is 19.7 Å². The van der Waals surface area contributed by atoms with E-state index in [1.54, 1.807) is 12.1 Å². The van der Waals surface area contributed by atoms with Gasteiger partial charge in [-0.2, -0.15) is 5.10 Å². The fourth-order valence-electron chi connectivity index (χ4n) is 2.03. The molecule has 10 heteroatoms. The zero-order chi connectivity index (χ0) is 20.0. The summed E-state index contributed by atoms with van der Waals surface area (Å²) in [5.41, 5.74) is 2.47. The highest BCUT2D eigenvalue weighted by Crippen LogP contribution is 2.28. The summed E-state index contributed by atoms with van der Waals surface area (Å²) in [5, 5.41) is 14.6. The average Bonchev–Trinajstić information content (AvgIpc) is 2.62. The Kier molecular flexibility index (Phi) is 6.45. The molecular weight excluding hydrogens is 378 g/mol. The number of benzene rings is 2. The second kappa shape index (κ2) is 8.77. The summed E-state index contributed by atoms with van der Waals surface area (Å²) in [7, 11) is 1.42. The van der Waals surface area contributed by atoms with Gasteiger partial charge in [0.25, 0.3) is 11.6 Å². The Balaban J connectivity index is 2.11. The number of nitro benzene ring substituents is 1. The zero-order valence-electron chi connectivity index (χ0n) is 14.3. The molecule has 0 heterocycles. The highest BCUT2D eigenvalue weighted by atomic mass is 35.5. The summed E-state index contributed by atoms with van der Waals surface area (Å²) in [4.78, 5) is 33.3. The monoisotopic (exact) mass is 391 g/mol. The number of carbonyl (C=O) groups is 2. The van der Waals surface area contributed by atoms with Crippen molar-refractivity contribution in [3.05, 3.63) is 62.7 Å². The number of halogens is 1. The molecular formula is C17H14ClN3O6. The molecule has 0 atom stereocenters. The second-order valence-corrected chi connectivity index (χ2v) is 5.53. The number of methoxy groups -OCH3 is 1. The number of hydrazone groups is 1. The quantitative estimate of drug-likeness (QED) is 0.266. The lowest BCUT2D eigenvalue weighted by Crippen LogP contribution is -2.17. The molecule has 2 aromatic rings. The van der Waals surface area contributed by atoms with Crippen LogP contribution in [0.25, 0.3) is 0 Å². The van der Waals surface area contributed by atoms with Crippen molar-refractivity contribution in [1.82, 2.24) is 5.43 Å². The Bertz CT molecular complexity index is 929. The molecule has 27 heavy (non-hydrogen) atoms. The number of esters is 1. The van der Waals surface area contributed by atoms with E-state index in [1.807, 2.05) is 0 Å². The lowest BCUT2D eigenvalue weighted by atomic mass is 10.2. The van der Waals surface area contributed by atoms with Gasteiger partial charge in [0.1, 0.15) is 5.02 Å². The first-order chi connectivity index (χ1) is 12.8. The van der Waals surface area contributed by atoms with Crippen LogP contribution in [0.3, 0.4) is 0 Å². The van der Waals surface area contributed by atoms with Crippen LogP contribution in [0.4, 0.5) is 5.69 Å². The van der Waals surface area contributed by atoms with Gasteiger partial charge in [-0.25, -0.2) is 5.43 Å². The van der Waals surface area contributed by atoms with E-state index in [-0.39, 0.29) is 22.0 Å². The van der Waals surface area contributed by atoms with Crippen molar-refractivity contribution in [2.24, 2.45) is 5.10 Å². The summed E-state index contributed by atoms with van der Waals surface area (Å²) >= 11 is 5.71. The summed E-state index contributed by atoms with van der Waals surface area (Å²) < 4.78 is 10.1. The van der Waals surface area contributed by atoms with Crippen molar-refractivity contribution in [3.63, 3.8) is 0 Å². The number of amides is 1. The smallest absolute Gasteiger partial charge is 0.308 e. The van der Waals surface area contributed by atoms with Crippen LogP contribution in [0.5, 0.6) is 11.5 Å². The van der Waals surface area contributed by atoms with Crippen LogP contribution >= 0.6 is 11.6 Å². The molecule has 0 spiro atoms. The van der Waals surface area contributed by atoms with Crippen LogP contribution in [-0.2, 0) is 4.79 Å². The van der Waals surface area contributed by atoms with Gasteiger partial charge in [0.2, 0.25) is 0 Å². The van der Waals surface area contributed by atoms with E-state index in [4.69, 9.17) is 21.1 Å². The van der Waals surface area contributed by atoms with E-state index >= 15 is 0 Å². The lowest BCUT2D eigenvalue weighted by Gasteiger charge is -2.08. The number of hydrogen-bond acceptors (Lipinski definition) is 7. The first kappa shape index (κ1) is 19.9. The highest BCUT2D eigenvalue weighted by Gasteiger charge is 2.16. The molecule has 0 aliphatic heterocycles. The number of nitrogens with zero attached hydrogens (tertiary/aromatic N) is 2. The van der Waals surface area contributed by atoms with Crippen molar-refractivity contribution < 1.29 is 24.0 Å².